The fourth-order valence-corrected chi connectivity index (χ4v) is 3.53. The minimum atomic E-state index is -3.47. The number of nitrogens with one attached hydrogen (secondary N) is 1. The highest BCUT2D eigenvalue weighted by atomic mass is 32.2. The first-order valence-corrected chi connectivity index (χ1v) is 8.51. The van der Waals surface area contributed by atoms with Crippen molar-refractivity contribution < 1.29 is 17.9 Å². The first kappa shape index (κ1) is 16.4. The molecule has 1 rings (SSSR count). The van der Waals surface area contributed by atoms with Crippen molar-refractivity contribution in [2.45, 2.75) is 57.5 Å². The first-order valence-electron chi connectivity index (χ1n) is 6.86. The maximum Gasteiger partial charge on any atom is 0.306 e. The van der Waals surface area contributed by atoms with Crippen LogP contribution in [0.5, 0.6) is 0 Å². The fraction of sp³-hybridized carbons (Fsp3) is 0.917. The van der Waals surface area contributed by atoms with E-state index in [4.69, 9.17) is 10.5 Å². The summed E-state index contributed by atoms with van der Waals surface area (Å²) in [6.07, 6.45) is 4.60. The lowest BCUT2D eigenvalue weighted by Crippen LogP contribution is -2.47. The molecule has 0 aromatic heterocycles. The molecule has 7 heteroatoms. The number of sulfonamides is 1. The van der Waals surface area contributed by atoms with Gasteiger partial charge in [0.2, 0.25) is 10.0 Å². The van der Waals surface area contributed by atoms with Crippen LogP contribution in [-0.4, -0.2) is 38.8 Å². The molecule has 1 aliphatic rings. The zero-order valence-corrected chi connectivity index (χ0v) is 12.2. The van der Waals surface area contributed by atoms with Crippen LogP contribution in [0.2, 0.25) is 0 Å². The maximum atomic E-state index is 11.9. The molecule has 0 aliphatic heterocycles. The summed E-state index contributed by atoms with van der Waals surface area (Å²) in [6, 6.07) is -0.352. The Morgan fingerprint density at radius 3 is 2.68 bits per heavy atom. The fourth-order valence-electron chi connectivity index (χ4n) is 2.22. The van der Waals surface area contributed by atoms with Gasteiger partial charge < -0.3 is 10.5 Å². The van der Waals surface area contributed by atoms with Gasteiger partial charge in [-0.2, -0.15) is 0 Å². The number of rotatable bonds is 6. The van der Waals surface area contributed by atoms with Gasteiger partial charge in [0, 0.05) is 12.1 Å². The molecule has 1 saturated carbocycles. The summed E-state index contributed by atoms with van der Waals surface area (Å²) < 4.78 is 31.1. The van der Waals surface area contributed by atoms with Gasteiger partial charge in [-0.1, -0.05) is 19.3 Å². The summed E-state index contributed by atoms with van der Waals surface area (Å²) >= 11 is 0. The maximum absolute atomic E-state index is 11.9. The van der Waals surface area contributed by atoms with E-state index in [1.807, 2.05) is 0 Å². The number of nitrogens with two attached hydrogens (primary N) is 1. The average molecular weight is 292 g/mol. The molecule has 19 heavy (non-hydrogen) atoms. The molecule has 2 atom stereocenters. The second-order valence-corrected chi connectivity index (χ2v) is 6.77. The van der Waals surface area contributed by atoms with Gasteiger partial charge >= 0.3 is 5.97 Å². The van der Waals surface area contributed by atoms with Gasteiger partial charge in [-0.3, -0.25) is 4.79 Å². The number of hydrogen-bond acceptors (Lipinski definition) is 5. The van der Waals surface area contributed by atoms with Crippen LogP contribution in [0.3, 0.4) is 0 Å². The van der Waals surface area contributed by atoms with Gasteiger partial charge in [0.1, 0.15) is 0 Å². The number of carbonyl (C=O) groups excluding carboxylic acids is 1. The molecule has 3 N–H and O–H groups in total. The van der Waals surface area contributed by atoms with Crippen LogP contribution in [0.1, 0.15) is 45.4 Å². The van der Waals surface area contributed by atoms with E-state index >= 15 is 0 Å². The van der Waals surface area contributed by atoms with Crippen molar-refractivity contribution >= 4 is 16.0 Å². The van der Waals surface area contributed by atoms with E-state index in [0.29, 0.717) is 0 Å². The summed E-state index contributed by atoms with van der Waals surface area (Å²) in [6.45, 7) is 1.95. The summed E-state index contributed by atoms with van der Waals surface area (Å²) in [5, 5.41) is 0. The SMILES string of the molecule is CCOC(=O)CCS(=O)(=O)NC1CCCCCC1N. The third-order valence-electron chi connectivity index (χ3n) is 3.28. The van der Waals surface area contributed by atoms with E-state index in [2.05, 4.69) is 4.72 Å². The van der Waals surface area contributed by atoms with Crippen LogP contribution >= 0.6 is 0 Å². The number of esters is 1. The topological polar surface area (TPSA) is 98.5 Å². The van der Waals surface area contributed by atoms with E-state index in [1.54, 1.807) is 6.92 Å². The summed E-state index contributed by atoms with van der Waals surface area (Å²) in [5.41, 5.74) is 5.97. The first-order chi connectivity index (χ1) is 8.94. The minimum absolute atomic E-state index is 0.120. The zero-order valence-electron chi connectivity index (χ0n) is 11.4. The molecule has 0 radical (unpaired) electrons. The highest BCUT2D eigenvalue weighted by molar-refractivity contribution is 7.89. The van der Waals surface area contributed by atoms with Crippen LogP contribution in [-0.2, 0) is 19.6 Å². The minimum Gasteiger partial charge on any atom is -0.466 e. The normalized spacial score (nSPS) is 24.7. The average Bonchev–Trinajstić information content (AvgIpc) is 2.53. The molecule has 0 spiro atoms. The van der Waals surface area contributed by atoms with E-state index in [9.17, 15) is 13.2 Å². The van der Waals surface area contributed by atoms with Gasteiger partial charge in [0.05, 0.1) is 18.8 Å². The van der Waals surface area contributed by atoms with Crippen LogP contribution in [0.15, 0.2) is 0 Å². The van der Waals surface area contributed by atoms with Crippen LogP contribution < -0.4 is 10.5 Å². The summed E-state index contributed by atoms with van der Waals surface area (Å²) in [5.74, 6) is -0.729. The molecule has 2 unspecified atom stereocenters. The predicted molar refractivity (Wildman–Crippen MR) is 73.0 cm³/mol. The Morgan fingerprint density at radius 1 is 1.32 bits per heavy atom. The Morgan fingerprint density at radius 2 is 2.00 bits per heavy atom. The molecule has 0 aromatic carbocycles. The molecule has 0 aromatic rings. The monoisotopic (exact) mass is 292 g/mol. The van der Waals surface area contributed by atoms with Gasteiger partial charge in [0.15, 0.2) is 0 Å². The Bertz CT molecular complexity index is 383. The number of ether oxygens (including phenoxy) is 1. The van der Waals surface area contributed by atoms with Gasteiger partial charge in [0.25, 0.3) is 0 Å². The molecule has 0 amide bonds. The zero-order chi connectivity index (χ0) is 14.3. The molecule has 6 nitrogen and oxygen atoms in total. The Hall–Kier alpha value is -0.660. The smallest absolute Gasteiger partial charge is 0.306 e. The highest BCUT2D eigenvalue weighted by Crippen LogP contribution is 2.17. The lowest BCUT2D eigenvalue weighted by Gasteiger charge is -2.22. The van der Waals surface area contributed by atoms with Gasteiger partial charge in [-0.15, -0.1) is 0 Å². The Kier molecular flexibility index (Phi) is 6.74. The van der Waals surface area contributed by atoms with Crippen molar-refractivity contribution in [3.63, 3.8) is 0 Å². The summed E-state index contributed by atoms with van der Waals surface area (Å²) in [4.78, 5) is 11.2. The van der Waals surface area contributed by atoms with Crippen molar-refractivity contribution in [1.29, 1.82) is 0 Å². The predicted octanol–water partition coefficient (Wildman–Crippen LogP) is 0.519. The third-order valence-corrected chi connectivity index (χ3v) is 4.68. The van der Waals surface area contributed by atoms with E-state index in [1.165, 1.54) is 0 Å². The van der Waals surface area contributed by atoms with Gasteiger partial charge in [-0.05, 0) is 19.8 Å². The summed E-state index contributed by atoms with van der Waals surface area (Å²) in [7, 11) is -3.47. The third kappa shape index (κ3) is 6.35. The van der Waals surface area contributed by atoms with E-state index in [0.717, 1.165) is 32.1 Å². The molecular weight excluding hydrogens is 268 g/mol. The van der Waals surface area contributed by atoms with Crippen LogP contribution in [0, 0.1) is 0 Å². The largest absolute Gasteiger partial charge is 0.466 e. The van der Waals surface area contributed by atoms with Crippen molar-refractivity contribution in [2.75, 3.05) is 12.4 Å². The molecule has 0 heterocycles. The molecule has 0 saturated heterocycles. The van der Waals surface area contributed by atoms with E-state index < -0.39 is 16.0 Å². The molecule has 0 bridgehead atoms. The molecule has 1 aliphatic carbocycles. The Labute approximate surface area is 115 Å². The van der Waals surface area contributed by atoms with Crippen molar-refractivity contribution in [1.82, 2.24) is 4.72 Å². The van der Waals surface area contributed by atoms with Crippen molar-refractivity contribution in [3.8, 4) is 0 Å². The van der Waals surface area contributed by atoms with E-state index in [-0.39, 0.29) is 30.9 Å². The van der Waals surface area contributed by atoms with Crippen molar-refractivity contribution in [2.24, 2.45) is 5.73 Å². The molecule has 112 valence electrons. The second-order valence-electron chi connectivity index (χ2n) is 4.90. The van der Waals surface area contributed by atoms with Crippen LogP contribution in [0.4, 0.5) is 0 Å². The van der Waals surface area contributed by atoms with Crippen LogP contribution in [0.25, 0.3) is 0 Å². The second kappa shape index (κ2) is 7.81. The van der Waals surface area contributed by atoms with Gasteiger partial charge in [-0.25, -0.2) is 13.1 Å². The highest BCUT2D eigenvalue weighted by Gasteiger charge is 2.25. The standard InChI is InChI=1S/C12H24N2O4S/c1-2-18-12(15)8-9-19(16,17)14-11-7-5-3-4-6-10(11)13/h10-11,14H,2-9,13H2,1H3. The lowest BCUT2D eigenvalue weighted by atomic mass is 10.1. The lowest BCUT2D eigenvalue weighted by molar-refractivity contribution is -0.142. The molecule has 1 fully saturated rings. The molecular formula is C12H24N2O4S. The Balaban J connectivity index is 2.46. The number of carbonyl (C=O) groups is 1. The number of hydrogen-bond donors (Lipinski definition) is 2. The van der Waals surface area contributed by atoms with Crippen molar-refractivity contribution in [3.05, 3.63) is 0 Å². The quantitative estimate of drug-likeness (QED) is 0.549.